The second kappa shape index (κ2) is 11.2. The van der Waals surface area contributed by atoms with Crippen molar-refractivity contribution in [3.63, 3.8) is 0 Å². The van der Waals surface area contributed by atoms with Crippen LogP contribution in [0, 0.1) is 16.7 Å². The summed E-state index contributed by atoms with van der Waals surface area (Å²) in [6, 6.07) is -0.963. The van der Waals surface area contributed by atoms with Gasteiger partial charge >= 0.3 is 6.03 Å². The summed E-state index contributed by atoms with van der Waals surface area (Å²) in [5.41, 5.74) is 0. The number of aliphatic hydroxyl groups excluding tert-OH is 4. The van der Waals surface area contributed by atoms with Crippen LogP contribution in [0.5, 0.6) is 0 Å². The predicted octanol–water partition coefficient (Wildman–Crippen LogP) is 0.355. The maximum atomic E-state index is 12.8. The van der Waals surface area contributed by atoms with Gasteiger partial charge in [0.15, 0.2) is 12.0 Å². The van der Waals surface area contributed by atoms with Crippen LogP contribution in [0.25, 0.3) is 0 Å². The number of carbonyl (C=O) groups excluding carboxylic acids is 1. The summed E-state index contributed by atoms with van der Waals surface area (Å²) in [7, 11) is 0. The number of ether oxygens (including phenoxy) is 1. The van der Waals surface area contributed by atoms with E-state index in [1.807, 2.05) is 0 Å². The standard InChI is InChI=1S/C19H34ClN3O8/c1-11(2)10-22(18(28)23(21-30)9-8-20)17(27)15-13(24)14(25)16(26)19(29,31-15)12-6-4-3-5-7-12/h11-17,24-27,29H,3-10H2,1-2H3/t13-,14+,15+,16+,17?,19+/m1/s1. The summed E-state index contributed by atoms with van der Waals surface area (Å²) < 4.78 is 5.65. The third-order valence-electron chi connectivity index (χ3n) is 5.99. The van der Waals surface area contributed by atoms with Crippen molar-refractivity contribution < 1.29 is 35.1 Å². The Balaban J connectivity index is 2.33. The number of carbonyl (C=O) groups is 1. The van der Waals surface area contributed by atoms with Gasteiger partial charge in [-0.05, 0) is 18.8 Å². The van der Waals surface area contributed by atoms with Gasteiger partial charge in [0.2, 0.25) is 0 Å². The molecular formula is C19H34ClN3O8. The molecule has 180 valence electrons. The molecular weight excluding hydrogens is 434 g/mol. The Morgan fingerprint density at radius 1 is 1.19 bits per heavy atom. The van der Waals surface area contributed by atoms with Crippen molar-refractivity contribution >= 4 is 17.6 Å². The van der Waals surface area contributed by atoms with Gasteiger partial charge in [0.1, 0.15) is 24.4 Å². The zero-order valence-corrected chi connectivity index (χ0v) is 18.6. The highest BCUT2D eigenvalue weighted by molar-refractivity contribution is 6.18. The molecule has 0 spiro atoms. The highest BCUT2D eigenvalue weighted by Crippen LogP contribution is 2.41. The fourth-order valence-electron chi connectivity index (χ4n) is 4.34. The monoisotopic (exact) mass is 467 g/mol. The van der Waals surface area contributed by atoms with Gasteiger partial charge in [-0.2, -0.15) is 5.01 Å². The summed E-state index contributed by atoms with van der Waals surface area (Å²) in [6.45, 7) is 3.29. The Bertz CT molecular complexity index is 605. The van der Waals surface area contributed by atoms with Crippen molar-refractivity contribution in [1.82, 2.24) is 9.91 Å². The Morgan fingerprint density at radius 2 is 1.81 bits per heavy atom. The highest BCUT2D eigenvalue weighted by atomic mass is 35.5. The van der Waals surface area contributed by atoms with Gasteiger partial charge < -0.3 is 30.3 Å². The van der Waals surface area contributed by atoms with E-state index < -0.39 is 48.4 Å². The number of hydrogen-bond donors (Lipinski definition) is 5. The van der Waals surface area contributed by atoms with Crippen molar-refractivity contribution in [3.05, 3.63) is 4.91 Å². The summed E-state index contributed by atoms with van der Waals surface area (Å²) in [5, 5.41) is 56.7. The lowest BCUT2D eigenvalue weighted by molar-refractivity contribution is -0.382. The molecule has 1 aliphatic carbocycles. The number of halogens is 1. The minimum atomic E-state index is -2.21. The van der Waals surface area contributed by atoms with Crippen LogP contribution in [0.1, 0.15) is 46.0 Å². The first-order valence-corrected chi connectivity index (χ1v) is 11.2. The Kier molecular flexibility index (Phi) is 9.43. The predicted molar refractivity (Wildman–Crippen MR) is 111 cm³/mol. The molecule has 2 amide bonds. The Hall–Kier alpha value is -1.08. The van der Waals surface area contributed by atoms with Gasteiger partial charge in [-0.1, -0.05) is 33.1 Å². The molecule has 31 heavy (non-hydrogen) atoms. The largest absolute Gasteiger partial charge is 0.387 e. The topological polar surface area (TPSA) is 163 Å². The second-order valence-corrected chi connectivity index (χ2v) is 9.11. The first-order chi connectivity index (χ1) is 14.6. The third kappa shape index (κ3) is 5.65. The van der Waals surface area contributed by atoms with E-state index in [1.54, 1.807) is 13.8 Å². The normalized spacial score (nSPS) is 33.2. The number of aliphatic hydroxyl groups is 5. The molecule has 0 aromatic heterocycles. The van der Waals surface area contributed by atoms with Crippen molar-refractivity contribution in [2.75, 3.05) is 19.0 Å². The summed E-state index contributed by atoms with van der Waals surface area (Å²) in [5.74, 6) is -2.96. The first-order valence-electron chi connectivity index (χ1n) is 10.7. The number of nitroso groups, excluding NO2 is 1. The molecule has 5 N–H and O–H groups in total. The van der Waals surface area contributed by atoms with E-state index in [2.05, 4.69) is 5.29 Å². The molecule has 0 aromatic rings. The van der Waals surface area contributed by atoms with E-state index in [-0.39, 0.29) is 24.9 Å². The number of hydrogen-bond acceptors (Lipinski definition) is 9. The molecule has 0 bridgehead atoms. The molecule has 6 atom stereocenters. The lowest BCUT2D eigenvalue weighted by atomic mass is 9.77. The van der Waals surface area contributed by atoms with Crippen molar-refractivity contribution in [1.29, 1.82) is 0 Å². The van der Waals surface area contributed by atoms with Gasteiger partial charge in [0.05, 0.1) is 11.8 Å². The molecule has 1 unspecified atom stereocenters. The summed E-state index contributed by atoms with van der Waals surface area (Å²) >= 11 is 5.61. The fraction of sp³-hybridized carbons (Fsp3) is 0.947. The summed E-state index contributed by atoms with van der Waals surface area (Å²) in [6.07, 6.45) is -5.28. The molecule has 2 fully saturated rings. The van der Waals surface area contributed by atoms with Crippen molar-refractivity contribution in [3.8, 4) is 0 Å². The van der Waals surface area contributed by atoms with Crippen LogP contribution in [-0.4, -0.2) is 96.9 Å². The molecule has 11 nitrogen and oxygen atoms in total. The minimum absolute atomic E-state index is 0.0403. The van der Waals surface area contributed by atoms with E-state index in [9.17, 15) is 35.2 Å². The lowest BCUT2D eigenvalue weighted by Gasteiger charge is -2.51. The van der Waals surface area contributed by atoms with Crippen LogP contribution < -0.4 is 0 Å². The number of urea groups is 1. The smallest absolute Gasteiger partial charge is 0.345 e. The quantitative estimate of drug-likeness (QED) is 0.148. The van der Waals surface area contributed by atoms with Crippen LogP contribution in [-0.2, 0) is 4.74 Å². The van der Waals surface area contributed by atoms with E-state index in [1.165, 1.54) is 0 Å². The summed E-state index contributed by atoms with van der Waals surface area (Å²) in [4.78, 5) is 24.8. The molecule has 1 aliphatic heterocycles. The van der Waals surface area contributed by atoms with Crippen molar-refractivity contribution in [2.24, 2.45) is 17.1 Å². The van der Waals surface area contributed by atoms with E-state index in [0.29, 0.717) is 17.9 Å². The van der Waals surface area contributed by atoms with Gasteiger partial charge in [0.25, 0.3) is 0 Å². The van der Waals surface area contributed by atoms with Crippen molar-refractivity contribution in [2.45, 2.75) is 82.4 Å². The minimum Gasteiger partial charge on any atom is -0.387 e. The Morgan fingerprint density at radius 3 is 2.32 bits per heavy atom. The molecule has 1 saturated carbocycles. The first kappa shape index (κ1) is 26.2. The highest BCUT2D eigenvalue weighted by Gasteiger charge is 2.58. The lowest BCUT2D eigenvalue weighted by Crippen LogP contribution is -2.71. The number of rotatable bonds is 8. The molecule has 2 aliphatic rings. The van der Waals surface area contributed by atoms with Crippen LogP contribution in [0.2, 0.25) is 0 Å². The fourth-order valence-corrected chi connectivity index (χ4v) is 4.50. The average molecular weight is 468 g/mol. The number of alkyl halides is 1. The van der Waals surface area contributed by atoms with Crippen LogP contribution >= 0.6 is 11.6 Å². The van der Waals surface area contributed by atoms with Crippen LogP contribution in [0.3, 0.4) is 0 Å². The van der Waals surface area contributed by atoms with Gasteiger partial charge in [-0.25, -0.2) is 4.79 Å². The van der Waals surface area contributed by atoms with E-state index >= 15 is 0 Å². The van der Waals surface area contributed by atoms with Gasteiger partial charge in [-0.15, -0.1) is 16.5 Å². The average Bonchev–Trinajstić information content (AvgIpc) is 2.76. The van der Waals surface area contributed by atoms with Gasteiger partial charge in [0, 0.05) is 18.3 Å². The molecule has 12 heteroatoms. The van der Waals surface area contributed by atoms with Crippen LogP contribution in [0.15, 0.2) is 5.29 Å². The zero-order chi connectivity index (χ0) is 23.3. The SMILES string of the molecule is CC(C)CN(C(=O)N(CCCl)N=O)C(O)[C@H]1O[C@@](O)(C2CCCCC2)[C@@H](O)[C@@H](O)[C@H]1O. The maximum absolute atomic E-state index is 12.8. The molecule has 1 heterocycles. The second-order valence-electron chi connectivity index (χ2n) is 8.73. The van der Waals surface area contributed by atoms with Gasteiger partial charge in [-0.3, -0.25) is 4.90 Å². The molecule has 0 radical (unpaired) electrons. The maximum Gasteiger partial charge on any atom is 0.345 e. The van der Waals surface area contributed by atoms with Crippen LogP contribution in [0.4, 0.5) is 4.79 Å². The molecule has 2 rings (SSSR count). The number of amides is 2. The zero-order valence-electron chi connectivity index (χ0n) is 17.9. The van der Waals surface area contributed by atoms with E-state index in [4.69, 9.17) is 16.3 Å². The Labute approximate surface area is 186 Å². The third-order valence-corrected chi connectivity index (χ3v) is 6.15. The van der Waals surface area contributed by atoms with E-state index in [0.717, 1.165) is 24.2 Å². The number of nitrogens with zero attached hydrogens (tertiary/aromatic N) is 3. The molecule has 0 aromatic carbocycles. The molecule has 1 saturated heterocycles.